The molecule has 0 saturated carbocycles. The molecule has 102 valence electrons. The topological polar surface area (TPSA) is 25.2 Å². The highest BCUT2D eigenvalue weighted by molar-refractivity contribution is 5.26. The molecule has 1 heterocycles. The van der Waals surface area contributed by atoms with Gasteiger partial charge in [0.15, 0.2) is 0 Å². The monoisotopic (exact) mass is 261 g/mol. The van der Waals surface area contributed by atoms with Gasteiger partial charge in [0.1, 0.15) is 17.3 Å². The first-order valence-corrected chi connectivity index (χ1v) is 6.61. The fourth-order valence-electron chi connectivity index (χ4n) is 2.15. The van der Waals surface area contributed by atoms with E-state index < -0.39 is 0 Å². The van der Waals surface area contributed by atoms with Crippen LogP contribution in [0.15, 0.2) is 34.7 Å². The van der Waals surface area contributed by atoms with E-state index in [2.05, 4.69) is 12.2 Å². The molecule has 0 aliphatic heterocycles. The van der Waals surface area contributed by atoms with E-state index >= 15 is 0 Å². The highest BCUT2D eigenvalue weighted by Gasteiger charge is 2.08. The van der Waals surface area contributed by atoms with Gasteiger partial charge in [0.2, 0.25) is 0 Å². The van der Waals surface area contributed by atoms with Gasteiger partial charge in [0, 0.05) is 0 Å². The van der Waals surface area contributed by atoms with E-state index in [4.69, 9.17) is 4.42 Å². The van der Waals surface area contributed by atoms with Crippen LogP contribution in [0.3, 0.4) is 0 Å². The highest BCUT2D eigenvalue weighted by atomic mass is 19.1. The molecule has 3 heteroatoms. The second-order valence-electron chi connectivity index (χ2n) is 4.95. The van der Waals surface area contributed by atoms with E-state index in [0.717, 1.165) is 30.0 Å². The van der Waals surface area contributed by atoms with Gasteiger partial charge in [-0.05, 0) is 69.1 Å². The van der Waals surface area contributed by atoms with Crippen molar-refractivity contribution in [2.24, 2.45) is 0 Å². The predicted octanol–water partition coefficient (Wildman–Crippen LogP) is 3.93. The number of halogens is 1. The molecule has 0 saturated heterocycles. The van der Waals surface area contributed by atoms with Crippen LogP contribution in [0.25, 0.3) is 0 Å². The highest BCUT2D eigenvalue weighted by Crippen LogP contribution is 2.16. The van der Waals surface area contributed by atoms with Gasteiger partial charge in [-0.2, -0.15) is 0 Å². The third kappa shape index (κ3) is 3.67. The summed E-state index contributed by atoms with van der Waals surface area (Å²) >= 11 is 0. The summed E-state index contributed by atoms with van der Waals surface area (Å²) < 4.78 is 18.6. The minimum absolute atomic E-state index is 0.173. The number of rotatable bonds is 5. The van der Waals surface area contributed by atoms with Crippen molar-refractivity contribution in [3.8, 4) is 0 Å². The summed E-state index contributed by atoms with van der Waals surface area (Å²) in [6.07, 6.45) is 0.885. The maximum absolute atomic E-state index is 13.0. The number of nitrogens with one attached hydrogen (secondary N) is 1. The first kappa shape index (κ1) is 13.8. The fraction of sp³-hybridized carbons (Fsp3) is 0.375. The van der Waals surface area contributed by atoms with E-state index in [-0.39, 0.29) is 11.9 Å². The van der Waals surface area contributed by atoms with Gasteiger partial charge in [-0.25, -0.2) is 4.39 Å². The van der Waals surface area contributed by atoms with Crippen LogP contribution in [0, 0.1) is 19.7 Å². The number of hydrogen-bond donors (Lipinski definition) is 1. The molecule has 0 bridgehead atoms. The van der Waals surface area contributed by atoms with Crippen molar-refractivity contribution >= 4 is 0 Å². The van der Waals surface area contributed by atoms with Gasteiger partial charge < -0.3 is 9.73 Å². The van der Waals surface area contributed by atoms with Crippen molar-refractivity contribution in [2.75, 3.05) is 6.54 Å². The molecule has 1 aromatic carbocycles. The predicted molar refractivity (Wildman–Crippen MR) is 74.7 cm³/mol. The average Bonchev–Trinajstić information content (AvgIpc) is 2.78. The zero-order valence-corrected chi connectivity index (χ0v) is 11.7. The minimum atomic E-state index is -0.173. The van der Waals surface area contributed by atoms with Crippen LogP contribution in [0.2, 0.25) is 0 Å². The van der Waals surface area contributed by atoms with Gasteiger partial charge in [0.05, 0.1) is 6.04 Å². The largest absolute Gasteiger partial charge is 0.465 e. The summed E-state index contributed by atoms with van der Waals surface area (Å²) in [5.74, 6) is 1.71. The van der Waals surface area contributed by atoms with Crippen LogP contribution in [0.5, 0.6) is 0 Å². The molecule has 0 aliphatic rings. The Bertz CT molecular complexity index is 547. The molecule has 0 aliphatic carbocycles. The van der Waals surface area contributed by atoms with Crippen molar-refractivity contribution in [3.63, 3.8) is 0 Å². The Kier molecular flexibility index (Phi) is 4.38. The first-order chi connectivity index (χ1) is 9.06. The van der Waals surface area contributed by atoms with Gasteiger partial charge >= 0.3 is 0 Å². The molecule has 2 rings (SSSR count). The Hall–Kier alpha value is -1.61. The molecule has 1 aromatic heterocycles. The Balaban J connectivity index is 1.86. The minimum Gasteiger partial charge on any atom is -0.465 e. The quantitative estimate of drug-likeness (QED) is 0.882. The first-order valence-electron chi connectivity index (χ1n) is 6.61. The smallest absolute Gasteiger partial charge is 0.123 e. The van der Waals surface area contributed by atoms with Crippen molar-refractivity contribution in [2.45, 2.75) is 33.2 Å². The summed E-state index contributed by atoms with van der Waals surface area (Å²) in [4.78, 5) is 0. The lowest BCUT2D eigenvalue weighted by Gasteiger charge is -2.12. The van der Waals surface area contributed by atoms with E-state index in [9.17, 15) is 4.39 Å². The number of aryl methyl sites for hydroxylation is 2. The van der Waals surface area contributed by atoms with Crippen LogP contribution >= 0.6 is 0 Å². The summed E-state index contributed by atoms with van der Waals surface area (Å²) in [6, 6.07) is 9.10. The molecule has 0 radical (unpaired) electrons. The fourth-order valence-corrected chi connectivity index (χ4v) is 2.15. The summed E-state index contributed by atoms with van der Waals surface area (Å²) in [7, 11) is 0. The molecule has 2 nitrogen and oxygen atoms in total. The number of furan rings is 1. The average molecular weight is 261 g/mol. The van der Waals surface area contributed by atoms with E-state index in [0.29, 0.717) is 0 Å². The lowest BCUT2D eigenvalue weighted by molar-refractivity contribution is 0.418. The van der Waals surface area contributed by atoms with E-state index in [1.165, 1.54) is 11.6 Å². The van der Waals surface area contributed by atoms with E-state index in [1.807, 2.05) is 32.0 Å². The Labute approximate surface area is 113 Å². The molecular weight excluding hydrogens is 241 g/mol. The van der Waals surface area contributed by atoms with Gasteiger partial charge in [-0.1, -0.05) is 6.07 Å². The molecule has 0 spiro atoms. The molecule has 1 atom stereocenters. The molecule has 19 heavy (non-hydrogen) atoms. The van der Waals surface area contributed by atoms with Crippen LogP contribution in [-0.2, 0) is 6.42 Å². The number of benzene rings is 1. The summed E-state index contributed by atoms with van der Waals surface area (Å²) in [5, 5.41) is 3.42. The second kappa shape index (κ2) is 6.02. The van der Waals surface area contributed by atoms with Crippen molar-refractivity contribution in [1.82, 2.24) is 5.32 Å². The third-order valence-corrected chi connectivity index (χ3v) is 3.34. The normalized spacial score (nSPS) is 12.6. The Morgan fingerprint density at radius 1 is 1.21 bits per heavy atom. The summed E-state index contributed by atoms with van der Waals surface area (Å²) in [6.45, 7) is 6.80. The zero-order valence-electron chi connectivity index (χ0n) is 11.7. The van der Waals surface area contributed by atoms with Crippen LogP contribution in [0.1, 0.15) is 35.6 Å². The molecule has 0 fully saturated rings. The lowest BCUT2D eigenvalue weighted by Crippen LogP contribution is -2.21. The van der Waals surface area contributed by atoms with Crippen molar-refractivity contribution in [1.29, 1.82) is 0 Å². The number of hydrogen-bond acceptors (Lipinski definition) is 2. The zero-order chi connectivity index (χ0) is 13.8. The van der Waals surface area contributed by atoms with Crippen LogP contribution in [-0.4, -0.2) is 6.54 Å². The van der Waals surface area contributed by atoms with Crippen LogP contribution < -0.4 is 5.32 Å². The van der Waals surface area contributed by atoms with Gasteiger partial charge in [-0.15, -0.1) is 0 Å². The van der Waals surface area contributed by atoms with Crippen molar-refractivity contribution < 1.29 is 8.81 Å². The van der Waals surface area contributed by atoms with Crippen LogP contribution in [0.4, 0.5) is 4.39 Å². The maximum atomic E-state index is 13.0. The molecule has 0 amide bonds. The van der Waals surface area contributed by atoms with Gasteiger partial charge in [-0.3, -0.25) is 0 Å². The Morgan fingerprint density at radius 2 is 2.00 bits per heavy atom. The van der Waals surface area contributed by atoms with E-state index in [1.54, 1.807) is 6.07 Å². The standard InChI is InChI=1S/C16H20FNO/c1-11-10-15(17)6-5-14(11)8-9-18-13(3)16-7-4-12(2)19-16/h4-7,10,13,18H,8-9H2,1-3H3. The molecule has 1 N–H and O–H groups in total. The summed E-state index contributed by atoms with van der Waals surface area (Å²) in [5.41, 5.74) is 2.18. The SMILES string of the molecule is Cc1ccc(C(C)NCCc2ccc(F)cc2C)o1. The molecule has 2 aromatic rings. The Morgan fingerprint density at radius 3 is 2.63 bits per heavy atom. The molecular formula is C16H20FNO. The lowest BCUT2D eigenvalue weighted by atomic mass is 10.1. The molecule has 1 unspecified atom stereocenters. The third-order valence-electron chi connectivity index (χ3n) is 3.34. The van der Waals surface area contributed by atoms with Gasteiger partial charge in [0.25, 0.3) is 0 Å². The maximum Gasteiger partial charge on any atom is 0.123 e. The second-order valence-corrected chi connectivity index (χ2v) is 4.95. The van der Waals surface area contributed by atoms with Crippen molar-refractivity contribution in [3.05, 3.63) is 58.8 Å².